The van der Waals surface area contributed by atoms with Gasteiger partial charge in [0.15, 0.2) is 11.2 Å². The summed E-state index contributed by atoms with van der Waals surface area (Å²) >= 11 is 0. The molecule has 0 saturated carbocycles. The van der Waals surface area contributed by atoms with Gasteiger partial charge in [0.1, 0.15) is 5.75 Å². The van der Waals surface area contributed by atoms with Crippen LogP contribution in [0.2, 0.25) is 0 Å². The molecule has 1 aromatic carbocycles. The van der Waals surface area contributed by atoms with Crippen molar-refractivity contribution in [3.8, 4) is 11.4 Å². The molecule has 0 saturated heterocycles. The van der Waals surface area contributed by atoms with Crippen molar-refractivity contribution in [2.75, 3.05) is 7.11 Å². The Labute approximate surface area is 117 Å². The van der Waals surface area contributed by atoms with Crippen LogP contribution in [0.4, 0.5) is 0 Å². The van der Waals surface area contributed by atoms with Crippen molar-refractivity contribution in [1.82, 2.24) is 15.0 Å². The van der Waals surface area contributed by atoms with Gasteiger partial charge >= 0.3 is 0 Å². The second-order valence-corrected chi connectivity index (χ2v) is 5.41. The normalized spacial score (nSPS) is 12.5. The summed E-state index contributed by atoms with van der Waals surface area (Å²) in [5, 5.41) is 19.8. The van der Waals surface area contributed by atoms with E-state index in [1.807, 2.05) is 45.0 Å². The van der Waals surface area contributed by atoms with Gasteiger partial charge in [0, 0.05) is 20.8 Å². The summed E-state index contributed by atoms with van der Waals surface area (Å²) < 4.78 is 7.58. The van der Waals surface area contributed by atoms with Gasteiger partial charge in [0.05, 0.1) is 19.0 Å². The fraction of sp³-hybridized carbons (Fsp3) is 0.357. The molecule has 0 aliphatic rings. The molecular formula is C14H18N4O2. The second kappa shape index (κ2) is 5.32. The zero-order chi connectivity index (χ0) is 14.8. The van der Waals surface area contributed by atoms with Gasteiger partial charge < -0.3 is 9.94 Å². The molecule has 0 fully saturated rings. The molecule has 0 N–H and O–H groups in total. The summed E-state index contributed by atoms with van der Waals surface area (Å²) in [4.78, 5) is 0. The monoisotopic (exact) mass is 274 g/mol. The minimum Gasteiger partial charge on any atom is -0.623 e. The van der Waals surface area contributed by atoms with Crippen molar-refractivity contribution >= 4 is 6.21 Å². The lowest BCUT2D eigenvalue weighted by Crippen LogP contribution is -2.29. The number of methoxy groups -OCH3 is 1. The van der Waals surface area contributed by atoms with Crippen LogP contribution in [0, 0.1) is 5.21 Å². The van der Waals surface area contributed by atoms with Gasteiger partial charge in [0.25, 0.3) is 0 Å². The third kappa shape index (κ3) is 3.14. The average Bonchev–Trinajstić information content (AvgIpc) is 2.86. The van der Waals surface area contributed by atoms with E-state index < -0.39 is 5.54 Å². The smallest absolute Gasteiger partial charge is 0.204 e. The predicted molar refractivity (Wildman–Crippen MR) is 76.5 cm³/mol. The van der Waals surface area contributed by atoms with Crippen LogP contribution in [0.3, 0.4) is 0 Å². The fourth-order valence-electron chi connectivity index (χ4n) is 1.51. The quantitative estimate of drug-likeness (QED) is 0.371. The van der Waals surface area contributed by atoms with Crippen LogP contribution in [-0.2, 0) is 0 Å². The highest BCUT2D eigenvalue weighted by Crippen LogP contribution is 2.14. The van der Waals surface area contributed by atoms with E-state index >= 15 is 0 Å². The third-order valence-corrected chi connectivity index (χ3v) is 2.76. The second-order valence-electron chi connectivity index (χ2n) is 5.41. The van der Waals surface area contributed by atoms with E-state index in [1.165, 1.54) is 6.21 Å². The van der Waals surface area contributed by atoms with Gasteiger partial charge in [0.2, 0.25) is 6.21 Å². The predicted octanol–water partition coefficient (Wildman–Crippen LogP) is 2.00. The standard InChI is InChI=1S/C14H18N4O2/c1-14(2,3)18(19)10-11-9-17(16-15-11)12-5-7-13(20-4)8-6-12/h5-10H,1-4H3/b18-10-. The third-order valence-electron chi connectivity index (χ3n) is 2.76. The molecule has 0 unspecified atom stereocenters. The molecule has 2 aromatic rings. The average molecular weight is 274 g/mol. The number of aromatic nitrogens is 3. The molecule has 0 amide bonds. The lowest BCUT2D eigenvalue weighted by molar-refractivity contribution is -0.530. The van der Waals surface area contributed by atoms with Gasteiger partial charge in [-0.1, -0.05) is 5.21 Å². The Bertz CT molecular complexity index is 609. The lowest BCUT2D eigenvalue weighted by atomic mass is 10.1. The largest absolute Gasteiger partial charge is 0.623 e. The molecular weight excluding hydrogens is 256 g/mol. The summed E-state index contributed by atoms with van der Waals surface area (Å²) in [6.45, 7) is 5.51. The molecule has 0 aliphatic carbocycles. The first-order valence-electron chi connectivity index (χ1n) is 6.28. The van der Waals surface area contributed by atoms with Crippen LogP contribution < -0.4 is 4.74 Å². The first-order valence-corrected chi connectivity index (χ1v) is 6.28. The Morgan fingerprint density at radius 3 is 2.45 bits per heavy atom. The maximum Gasteiger partial charge on any atom is 0.204 e. The Morgan fingerprint density at radius 1 is 1.25 bits per heavy atom. The molecule has 0 atom stereocenters. The summed E-state index contributed by atoms with van der Waals surface area (Å²) in [6.07, 6.45) is 3.14. The van der Waals surface area contributed by atoms with E-state index in [2.05, 4.69) is 10.3 Å². The number of nitrogens with zero attached hydrogens (tertiary/aromatic N) is 4. The molecule has 2 rings (SSSR count). The fourth-order valence-corrected chi connectivity index (χ4v) is 1.51. The van der Waals surface area contributed by atoms with Gasteiger partial charge in [-0.05, 0) is 24.3 Å². The number of hydrogen-bond acceptors (Lipinski definition) is 4. The SMILES string of the molecule is COc1ccc(-n2cc(/C=[N+](\[O-])C(C)(C)C)nn2)cc1. The minimum absolute atomic E-state index is 0.496. The van der Waals surface area contributed by atoms with Crippen LogP contribution in [-0.4, -0.2) is 38.6 Å². The van der Waals surface area contributed by atoms with E-state index in [0.717, 1.165) is 16.2 Å². The molecule has 1 heterocycles. The summed E-state index contributed by atoms with van der Waals surface area (Å²) in [6, 6.07) is 7.43. The molecule has 0 radical (unpaired) electrons. The molecule has 20 heavy (non-hydrogen) atoms. The van der Waals surface area contributed by atoms with Crippen LogP contribution in [0.15, 0.2) is 30.5 Å². The summed E-state index contributed by atoms with van der Waals surface area (Å²) in [7, 11) is 1.62. The molecule has 106 valence electrons. The first kappa shape index (κ1) is 14.0. The van der Waals surface area contributed by atoms with Gasteiger partial charge in [-0.15, -0.1) is 5.10 Å². The number of hydrogen-bond donors (Lipinski definition) is 0. The van der Waals surface area contributed by atoms with Crippen LogP contribution >= 0.6 is 0 Å². The van der Waals surface area contributed by atoms with Gasteiger partial charge in [-0.25, -0.2) is 9.42 Å². The Morgan fingerprint density at radius 2 is 1.90 bits per heavy atom. The highest BCUT2D eigenvalue weighted by molar-refractivity contribution is 5.72. The maximum atomic E-state index is 11.8. The van der Waals surface area contributed by atoms with E-state index in [4.69, 9.17) is 4.74 Å². The van der Waals surface area contributed by atoms with Crippen LogP contribution in [0.25, 0.3) is 5.69 Å². The van der Waals surface area contributed by atoms with E-state index in [9.17, 15) is 5.21 Å². The zero-order valence-corrected chi connectivity index (χ0v) is 12.1. The Hall–Kier alpha value is -2.37. The number of ether oxygens (including phenoxy) is 1. The lowest BCUT2D eigenvalue weighted by Gasteiger charge is -2.17. The van der Waals surface area contributed by atoms with E-state index in [1.54, 1.807) is 18.0 Å². The van der Waals surface area contributed by atoms with Crippen molar-refractivity contribution in [3.05, 3.63) is 41.4 Å². The number of benzene rings is 1. The van der Waals surface area contributed by atoms with Crippen molar-refractivity contribution in [2.45, 2.75) is 26.3 Å². The zero-order valence-electron chi connectivity index (χ0n) is 12.1. The minimum atomic E-state index is -0.496. The maximum absolute atomic E-state index is 11.8. The Kier molecular flexibility index (Phi) is 3.74. The Balaban J connectivity index is 2.24. The van der Waals surface area contributed by atoms with Crippen molar-refractivity contribution in [3.63, 3.8) is 0 Å². The molecule has 0 spiro atoms. The van der Waals surface area contributed by atoms with Crippen molar-refractivity contribution in [2.24, 2.45) is 0 Å². The number of hydroxylamine groups is 1. The number of rotatable bonds is 3. The highest BCUT2D eigenvalue weighted by Gasteiger charge is 2.18. The summed E-state index contributed by atoms with van der Waals surface area (Å²) in [5.41, 5.74) is 0.876. The van der Waals surface area contributed by atoms with Crippen molar-refractivity contribution in [1.29, 1.82) is 0 Å². The topological polar surface area (TPSA) is 66.0 Å². The highest BCUT2D eigenvalue weighted by atomic mass is 16.5. The van der Waals surface area contributed by atoms with E-state index in [0.29, 0.717) is 5.69 Å². The molecule has 0 bridgehead atoms. The molecule has 6 nitrogen and oxygen atoms in total. The van der Waals surface area contributed by atoms with Crippen LogP contribution in [0.5, 0.6) is 5.75 Å². The first-order chi connectivity index (χ1) is 9.40. The van der Waals surface area contributed by atoms with E-state index in [-0.39, 0.29) is 0 Å². The summed E-state index contributed by atoms with van der Waals surface area (Å²) in [5.74, 6) is 0.777. The molecule has 6 heteroatoms. The van der Waals surface area contributed by atoms with Gasteiger partial charge in [-0.2, -0.15) is 0 Å². The van der Waals surface area contributed by atoms with Gasteiger partial charge in [-0.3, -0.25) is 0 Å². The van der Waals surface area contributed by atoms with Crippen molar-refractivity contribution < 1.29 is 9.48 Å². The molecule has 1 aromatic heterocycles. The van der Waals surface area contributed by atoms with Crippen LogP contribution in [0.1, 0.15) is 26.5 Å². The molecule has 0 aliphatic heterocycles.